The van der Waals surface area contributed by atoms with Crippen molar-refractivity contribution >= 4 is 0 Å². The molecule has 0 aromatic rings. The smallest absolute Gasteiger partial charge is 0.161 e. The van der Waals surface area contributed by atoms with E-state index in [0.717, 1.165) is 13.2 Å². The van der Waals surface area contributed by atoms with Gasteiger partial charge in [-0.2, -0.15) is 0 Å². The molecule has 0 spiro atoms. The van der Waals surface area contributed by atoms with E-state index < -0.39 is 0 Å². The van der Waals surface area contributed by atoms with Crippen molar-refractivity contribution < 1.29 is 9.47 Å². The second kappa shape index (κ2) is 6.80. The molecule has 120 valence electrons. The number of rotatable bonds is 3. The summed E-state index contributed by atoms with van der Waals surface area (Å²) < 4.78 is 12.3. The summed E-state index contributed by atoms with van der Waals surface area (Å²) in [7, 11) is 0. The molecule has 3 aliphatic rings. The van der Waals surface area contributed by atoms with Crippen LogP contribution in [0.3, 0.4) is 0 Å². The Morgan fingerprint density at radius 1 is 1.19 bits per heavy atom. The fraction of sp³-hybridized carbons (Fsp3) is 0.889. The number of hydrogen-bond donors (Lipinski definition) is 0. The molecule has 3 nitrogen and oxygen atoms in total. The van der Waals surface area contributed by atoms with Crippen molar-refractivity contribution in [1.29, 1.82) is 0 Å². The summed E-state index contributed by atoms with van der Waals surface area (Å²) in [5.41, 5.74) is 1.52. The van der Waals surface area contributed by atoms with E-state index in [1.54, 1.807) is 0 Å². The highest BCUT2D eigenvalue weighted by Crippen LogP contribution is 2.39. The van der Waals surface area contributed by atoms with Gasteiger partial charge in [0.15, 0.2) is 6.29 Å². The average molecular weight is 293 g/mol. The van der Waals surface area contributed by atoms with Gasteiger partial charge in [-0.15, -0.1) is 0 Å². The van der Waals surface area contributed by atoms with Gasteiger partial charge in [0.1, 0.15) is 0 Å². The second-order valence-corrected chi connectivity index (χ2v) is 7.45. The summed E-state index contributed by atoms with van der Waals surface area (Å²) in [5.74, 6) is 1.73. The van der Waals surface area contributed by atoms with E-state index >= 15 is 0 Å². The highest BCUT2D eigenvalue weighted by molar-refractivity contribution is 5.09. The van der Waals surface area contributed by atoms with Crippen LogP contribution in [0.1, 0.15) is 46.5 Å². The first-order valence-corrected chi connectivity index (χ1v) is 8.80. The molecule has 5 atom stereocenters. The first-order valence-electron chi connectivity index (χ1n) is 8.80. The fourth-order valence-corrected chi connectivity index (χ4v) is 4.50. The minimum atomic E-state index is 0.00846. The van der Waals surface area contributed by atoms with Gasteiger partial charge < -0.3 is 14.4 Å². The lowest BCUT2D eigenvalue weighted by atomic mass is 9.74. The van der Waals surface area contributed by atoms with Crippen molar-refractivity contribution in [3.05, 3.63) is 11.6 Å². The van der Waals surface area contributed by atoms with Gasteiger partial charge in [0.05, 0.1) is 12.7 Å². The lowest BCUT2D eigenvalue weighted by Gasteiger charge is -2.36. The SMILES string of the molecule is CC1=C[C@@H](C)[C@H]([C@@H]2OC[C@@H](CN3CCCCC3)O2)[C@@H](C)C1. The van der Waals surface area contributed by atoms with E-state index in [-0.39, 0.29) is 12.4 Å². The Kier molecular flexibility index (Phi) is 5.03. The van der Waals surface area contributed by atoms with E-state index in [0.29, 0.717) is 17.8 Å². The summed E-state index contributed by atoms with van der Waals surface area (Å²) in [4.78, 5) is 2.55. The number of likely N-dealkylation sites (tertiary alicyclic amines) is 1. The minimum Gasteiger partial charge on any atom is -0.350 e. The molecule has 0 saturated carbocycles. The fourth-order valence-electron chi connectivity index (χ4n) is 4.50. The molecule has 3 rings (SSSR count). The zero-order valence-corrected chi connectivity index (χ0v) is 13.9. The third kappa shape index (κ3) is 3.69. The van der Waals surface area contributed by atoms with E-state index in [4.69, 9.17) is 9.47 Å². The standard InChI is InChI=1S/C18H31NO2/c1-13-9-14(2)17(15(3)10-13)18-20-12-16(21-18)11-19-7-5-4-6-8-19/h9,14-18H,4-8,10-12H2,1-3H3/t14-,15+,16-,17+,18-/m1/s1. The predicted molar refractivity (Wildman–Crippen MR) is 85.1 cm³/mol. The van der Waals surface area contributed by atoms with Gasteiger partial charge in [0.2, 0.25) is 0 Å². The highest BCUT2D eigenvalue weighted by Gasteiger charge is 2.40. The zero-order chi connectivity index (χ0) is 14.8. The Labute approximate surface area is 129 Å². The second-order valence-electron chi connectivity index (χ2n) is 7.45. The van der Waals surface area contributed by atoms with Crippen LogP contribution in [0.25, 0.3) is 0 Å². The maximum Gasteiger partial charge on any atom is 0.161 e. The van der Waals surface area contributed by atoms with Gasteiger partial charge in [-0.1, -0.05) is 31.9 Å². The highest BCUT2D eigenvalue weighted by atomic mass is 16.7. The molecular formula is C18H31NO2. The topological polar surface area (TPSA) is 21.7 Å². The quantitative estimate of drug-likeness (QED) is 0.744. The molecule has 0 aromatic heterocycles. The summed E-state index contributed by atoms with van der Waals surface area (Å²) in [6, 6.07) is 0. The molecule has 0 radical (unpaired) electrons. The van der Waals surface area contributed by atoms with Crippen LogP contribution in [0, 0.1) is 17.8 Å². The van der Waals surface area contributed by atoms with Crippen LogP contribution >= 0.6 is 0 Å². The number of allylic oxidation sites excluding steroid dienone is 2. The molecule has 2 saturated heterocycles. The third-order valence-electron chi connectivity index (χ3n) is 5.45. The molecule has 0 bridgehead atoms. The Morgan fingerprint density at radius 2 is 1.95 bits per heavy atom. The number of piperidine rings is 1. The lowest BCUT2D eigenvalue weighted by Crippen LogP contribution is -2.39. The first-order chi connectivity index (χ1) is 10.1. The van der Waals surface area contributed by atoms with Gasteiger partial charge >= 0.3 is 0 Å². The maximum atomic E-state index is 6.29. The number of nitrogens with zero attached hydrogens (tertiary/aromatic N) is 1. The van der Waals surface area contributed by atoms with Crippen molar-refractivity contribution in [2.75, 3.05) is 26.2 Å². The molecule has 0 N–H and O–H groups in total. The van der Waals surface area contributed by atoms with Crippen LogP contribution < -0.4 is 0 Å². The molecule has 0 unspecified atom stereocenters. The molecule has 1 aliphatic carbocycles. The molecule has 0 aromatic carbocycles. The van der Waals surface area contributed by atoms with Crippen LogP contribution in [0.15, 0.2) is 11.6 Å². The van der Waals surface area contributed by atoms with Crippen molar-refractivity contribution in [2.45, 2.75) is 58.8 Å². The Morgan fingerprint density at radius 3 is 2.67 bits per heavy atom. The monoisotopic (exact) mass is 293 g/mol. The Hall–Kier alpha value is -0.380. The van der Waals surface area contributed by atoms with E-state index in [1.165, 1.54) is 44.3 Å². The van der Waals surface area contributed by atoms with Gasteiger partial charge in [-0.25, -0.2) is 0 Å². The Balaban J connectivity index is 1.54. The van der Waals surface area contributed by atoms with E-state index in [9.17, 15) is 0 Å². The summed E-state index contributed by atoms with van der Waals surface area (Å²) in [6.07, 6.45) is 7.97. The van der Waals surface area contributed by atoms with Crippen molar-refractivity contribution in [3.8, 4) is 0 Å². The summed E-state index contributed by atoms with van der Waals surface area (Å²) in [5, 5.41) is 0. The van der Waals surface area contributed by atoms with Gasteiger partial charge in [0.25, 0.3) is 0 Å². The summed E-state index contributed by atoms with van der Waals surface area (Å²) in [6.45, 7) is 11.2. The minimum absolute atomic E-state index is 0.00846. The maximum absolute atomic E-state index is 6.29. The zero-order valence-electron chi connectivity index (χ0n) is 13.9. The van der Waals surface area contributed by atoms with Crippen LogP contribution in [-0.4, -0.2) is 43.5 Å². The largest absolute Gasteiger partial charge is 0.350 e. The van der Waals surface area contributed by atoms with Crippen LogP contribution in [0.2, 0.25) is 0 Å². The van der Waals surface area contributed by atoms with Crippen molar-refractivity contribution in [3.63, 3.8) is 0 Å². The molecule has 2 aliphatic heterocycles. The predicted octanol–water partition coefficient (Wildman–Crippen LogP) is 3.45. The van der Waals surface area contributed by atoms with Gasteiger partial charge in [-0.3, -0.25) is 0 Å². The molecular weight excluding hydrogens is 262 g/mol. The van der Waals surface area contributed by atoms with E-state index in [1.807, 2.05) is 0 Å². The average Bonchev–Trinajstić information content (AvgIpc) is 2.87. The van der Waals surface area contributed by atoms with Crippen LogP contribution in [-0.2, 0) is 9.47 Å². The van der Waals surface area contributed by atoms with Crippen LogP contribution in [0.4, 0.5) is 0 Å². The summed E-state index contributed by atoms with van der Waals surface area (Å²) >= 11 is 0. The van der Waals surface area contributed by atoms with Gasteiger partial charge in [-0.05, 0) is 51.1 Å². The van der Waals surface area contributed by atoms with Crippen molar-refractivity contribution in [2.24, 2.45) is 17.8 Å². The number of ether oxygens (including phenoxy) is 2. The molecule has 21 heavy (non-hydrogen) atoms. The molecule has 2 fully saturated rings. The Bertz CT molecular complexity index is 375. The number of hydrogen-bond acceptors (Lipinski definition) is 3. The normalized spacial score (nSPS) is 42.0. The van der Waals surface area contributed by atoms with E-state index in [2.05, 4.69) is 31.7 Å². The lowest BCUT2D eigenvalue weighted by molar-refractivity contribution is -0.123. The van der Waals surface area contributed by atoms with Gasteiger partial charge in [0, 0.05) is 12.5 Å². The third-order valence-corrected chi connectivity index (χ3v) is 5.45. The van der Waals surface area contributed by atoms with Crippen molar-refractivity contribution in [1.82, 2.24) is 4.90 Å². The van der Waals surface area contributed by atoms with Crippen LogP contribution in [0.5, 0.6) is 0 Å². The molecule has 2 heterocycles. The molecule has 0 amide bonds. The molecule has 3 heteroatoms. The first kappa shape index (κ1) is 15.5.